The van der Waals surface area contributed by atoms with Crippen LogP contribution in [-0.4, -0.2) is 11.8 Å². The third-order valence-electron chi connectivity index (χ3n) is 4.26. The van der Waals surface area contributed by atoms with Crippen LogP contribution in [0.15, 0.2) is 71.7 Å². The molecule has 3 aromatic rings. The Hall–Kier alpha value is -3.25. The molecule has 0 saturated heterocycles. The lowest BCUT2D eigenvalue weighted by molar-refractivity contribution is -0.120. The molecule has 2 amide bonds. The van der Waals surface area contributed by atoms with Crippen LogP contribution in [0.5, 0.6) is 0 Å². The molecular weight excluding hydrogens is 363 g/mol. The Labute approximate surface area is 159 Å². The molecule has 0 atom stereocenters. The van der Waals surface area contributed by atoms with Crippen LogP contribution in [0.3, 0.4) is 0 Å². The molecule has 2 heterocycles. The van der Waals surface area contributed by atoms with Gasteiger partial charge in [-0.1, -0.05) is 23.8 Å². The summed E-state index contributed by atoms with van der Waals surface area (Å²) in [5.74, 6) is -1.18. The molecule has 4 nitrogen and oxygen atoms in total. The van der Waals surface area contributed by atoms with Crippen molar-refractivity contribution in [2.24, 2.45) is 0 Å². The number of thiophene rings is 1. The maximum atomic E-state index is 13.2. The molecule has 0 spiro atoms. The summed E-state index contributed by atoms with van der Waals surface area (Å²) >= 11 is 1.38. The average Bonchev–Trinajstić information content (AvgIpc) is 3.26. The number of rotatable bonds is 4. The van der Waals surface area contributed by atoms with Crippen LogP contribution in [0.25, 0.3) is 5.57 Å². The van der Waals surface area contributed by atoms with E-state index in [2.05, 4.69) is 5.32 Å². The van der Waals surface area contributed by atoms with Gasteiger partial charge in [0.2, 0.25) is 0 Å². The Morgan fingerprint density at radius 1 is 0.926 bits per heavy atom. The summed E-state index contributed by atoms with van der Waals surface area (Å²) in [6, 6.07) is 16.5. The number of carbonyl (C=O) groups excluding carboxylic acids is 2. The Morgan fingerprint density at radius 3 is 2.26 bits per heavy atom. The lowest BCUT2D eigenvalue weighted by Gasteiger charge is -2.15. The summed E-state index contributed by atoms with van der Waals surface area (Å²) in [7, 11) is 0. The van der Waals surface area contributed by atoms with Crippen LogP contribution in [0.1, 0.15) is 10.4 Å². The molecule has 27 heavy (non-hydrogen) atoms. The lowest BCUT2D eigenvalue weighted by Crippen LogP contribution is -2.32. The zero-order valence-corrected chi connectivity index (χ0v) is 15.2. The van der Waals surface area contributed by atoms with E-state index in [0.29, 0.717) is 21.8 Å². The van der Waals surface area contributed by atoms with Crippen molar-refractivity contribution in [1.82, 2.24) is 0 Å². The smallest absolute Gasteiger partial charge is 0.282 e. The van der Waals surface area contributed by atoms with Crippen molar-refractivity contribution in [2.75, 3.05) is 10.2 Å². The predicted octanol–water partition coefficient (Wildman–Crippen LogP) is 4.59. The third kappa shape index (κ3) is 3.15. The second kappa shape index (κ2) is 6.81. The number of carbonyl (C=O) groups is 2. The summed E-state index contributed by atoms with van der Waals surface area (Å²) in [6.45, 7) is 1.94. The van der Waals surface area contributed by atoms with Gasteiger partial charge in [-0.2, -0.15) is 0 Å². The van der Waals surface area contributed by atoms with E-state index in [4.69, 9.17) is 0 Å². The van der Waals surface area contributed by atoms with E-state index in [9.17, 15) is 14.0 Å². The summed E-state index contributed by atoms with van der Waals surface area (Å²) in [5.41, 5.74) is 2.59. The van der Waals surface area contributed by atoms with E-state index < -0.39 is 5.91 Å². The highest BCUT2D eigenvalue weighted by molar-refractivity contribution is 7.11. The third-order valence-corrected chi connectivity index (χ3v) is 5.14. The number of hydrogen-bond acceptors (Lipinski definition) is 4. The second-order valence-electron chi connectivity index (χ2n) is 6.14. The normalized spacial score (nSPS) is 14.2. The van der Waals surface area contributed by atoms with Crippen molar-refractivity contribution in [1.29, 1.82) is 0 Å². The minimum absolute atomic E-state index is 0.189. The zero-order chi connectivity index (χ0) is 19.0. The van der Waals surface area contributed by atoms with Gasteiger partial charge in [0.05, 0.1) is 11.3 Å². The van der Waals surface area contributed by atoms with Gasteiger partial charge >= 0.3 is 0 Å². The van der Waals surface area contributed by atoms with Gasteiger partial charge in [0, 0.05) is 10.6 Å². The van der Waals surface area contributed by atoms with Crippen LogP contribution in [0, 0.1) is 12.7 Å². The zero-order valence-electron chi connectivity index (χ0n) is 14.4. The Kier molecular flexibility index (Phi) is 4.33. The predicted molar refractivity (Wildman–Crippen MR) is 105 cm³/mol. The van der Waals surface area contributed by atoms with Crippen molar-refractivity contribution in [3.8, 4) is 0 Å². The van der Waals surface area contributed by atoms with Gasteiger partial charge in [-0.15, -0.1) is 11.3 Å². The minimum atomic E-state index is -0.434. The molecule has 0 radical (unpaired) electrons. The molecule has 0 aliphatic carbocycles. The number of halogens is 1. The number of anilines is 2. The van der Waals surface area contributed by atoms with Crippen molar-refractivity contribution in [2.45, 2.75) is 6.92 Å². The number of benzene rings is 2. The lowest BCUT2D eigenvalue weighted by atomic mass is 10.2. The molecule has 4 rings (SSSR count). The maximum Gasteiger partial charge on any atom is 0.282 e. The van der Waals surface area contributed by atoms with Crippen LogP contribution < -0.4 is 10.2 Å². The first-order valence-corrected chi connectivity index (χ1v) is 9.19. The SMILES string of the molecule is Cc1ccc(N2C(=O)C(Nc3ccc(F)cc3)=C(c3cccs3)C2=O)cc1. The summed E-state index contributed by atoms with van der Waals surface area (Å²) < 4.78 is 13.2. The Bertz CT molecular complexity index is 1040. The molecule has 2 aromatic carbocycles. The van der Waals surface area contributed by atoms with Gasteiger partial charge < -0.3 is 5.32 Å². The van der Waals surface area contributed by atoms with E-state index in [1.165, 1.54) is 40.5 Å². The van der Waals surface area contributed by atoms with Crippen molar-refractivity contribution >= 4 is 40.1 Å². The van der Waals surface area contributed by atoms with Gasteiger partial charge in [0.1, 0.15) is 11.5 Å². The minimum Gasteiger partial charge on any atom is -0.350 e. The first kappa shape index (κ1) is 17.2. The fourth-order valence-electron chi connectivity index (χ4n) is 2.90. The van der Waals surface area contributed by atoms with E-state index >= 15 is 0 Å². The van der Waals surface area contributed by atoms with Gasteiger partial charge in [-0.25, -0.2) is 9.29 Å². The number of nitrogens with one attached hydrogen (secondary N) is 1. The average molecular weight is 378 g/mol. The molecule has 6 heteroatoms. The number of nitrogens with zero attached hydrogens (tertiary/aromatic N) is 1. The van der Waals surface area contributed by atoms with E-state index in [-0.39, 0.29) is 17.4 Å². The highest BCUT2D eigenvalue weighted by Gasteiger charge is 2.40. The molecule has 1 N–H and O–H groups in total. The van der Waals surface area contributed by atoms with Crippen molar-refractivity contribution < 1.29 is 14.0 Å². The van der Waals surface area contributed by atoms with Crippen LogP contribution in [0.4, 0.5) is 15.8 Å². The molecule has 0 bridgehead atoms. The second-order valence-corrected chi connectivity index (χ2v) is 7.09. The first-order valence-electron chi connectivity index (χ1n) is 8.31. The van der Waals surface area contributed by atoms with Crippen LogP contribution >= 0.6 is 11.3 Å². The van der Waals surface area contributed by atoms with Gasteiger partial charge in [-0.05, 0) is 54.8 Å². The van der Waals surface area contributed by atoms with E-state index in [0.717, 1.165) is 5.56 Å². The number of hydrogen-bond donors (Lipinski definition) is 1. The largest absolute Gasteiger partial charge is 0.350 e. The number of amides is 2. The monoisotopic (exact) mass is 378 g/mol. The topological polar surface area (TPSA) is 49.4 Å². The van der Waals surface area contributed by atoms with Crippen molar-refractivity contribution in [3.05, 3.63) is 88.0 Å². The molecule has 134 valence electrons. The fraction of sp³-hybridized carbons (Fsp3) is 0.0476. The van der Waals surface area contributed by atoms with Gasteiger partial charge in [-0.3, -0.25) is 9.59 Å². The molecule has 1 aromatic heterocycles. The van der Waals surface area contributed by atoms with E-state index in [1.54, 1.807) is 18.2 Å². The van der Waals surface area contributed by atoms with Gasteiger partial charge in [0.25, 0.3) is 11.8 Å². The molecule has 0 unspecified atom stereocenters. The van der Waals surface area contributed by atoms with E-state index in [1.807, 2.05) is 30.5 Å². The Balaban J connectivity index is 1.78. The highest BCUT2D eigenvalue weighted by atomic mass is 32.1. The summed E-state index contributed by atoms with van der Waals surface area (Å²) in [6.07, 6.45) is 0. The first-order chi connectivity index (χ1) is 13.0. The number of imide groups is 1. The fourth-order valence-corrected chi connectivity index (χ4v) is 3.67. The molecule has 0 saturated carbocycles. The molecule has 0 fully saturated rings. The number of aryl methyl sites for hydroxylation is 1. The Morgan fingerprint density at radius 2 is 1.63 bits per heavy atom. The van der Waals surface area contributed by atoms with Crippen LogP contribution in [-0.2, 0) is 9.59 Å². The maximum absolute atomic E-state index is 13.2. The van der Waals surface area contributed by atoms with Crippen molar-refractivity contribution in [3.63, 3.8) is 0 Å². The quantitative estimate of drug-likeness (QED) is 0.676. The summed E-state index contributed by atoms with van der Waals surface area (Å²) in [5, 5.41) is 4.86. The molecular formula is C21H15FN2O2S. The van der Waals surface area contributed by atoms with Gasteiger partial charge in [0.15, 0.2) is 0 Å². The molecule has 1 aliphatic rings. The standard InChI is InChI=1S/C21H15FN2O2S/c1-13-4-10-16(11-5-13)24-20(25)18(17-3-2-12-27-17)19(21(24)26)23-15-8-6-14(22)7-9-15/h2-12,23H,1H3. The van der Waals surface area contributed by atoms with Crippen LogP contribution in [0.2, 0.25) is 0 Å². The highest BCUT2D eigenvalue weighted by Crippen LogP contribution is 2.35. The molecule has 1 aliphatic heterocycles. The summed E-state index contributed by atoms with van der Waals surface area (Å²) in [4.78, 5) is 28.1.